The number of Topliss-reactive ketones (excluding diaryl/α,β-unsaturated/α-hetero) is 1. The second-order valence-electron chi connectivity index (χ2n) is 13.6. The minimum absolute atomic E-state index is 0.0250. The van der Waals surface area contributed by atoms with Gasteiger partial charge in [-0.05, 0) is 94.9 Å². The van der Waals surface area contributed by atoms with E-state index in [1.54, 1.807) is 12.3 Å². The molecule has 0 amide bonds. The normalized spacial score (nSPS) is 27.3. The van der Waals surface area contributed by atoms with Crippen LogP contribution in [-0.2, 0) is 17.6 Å². The molecule has 0 radical (unpaired) electrons. The van der Waals surface area contributed by atoms with Gasteiger partial charge in [0.1, 0.15) is 16.5 Å². The number of piperidine rings is 1. The van der Waals surface area contributed by atoms with Crippen LogP contribution in [0.4, 0.5) is 21.8 Å². The van der Waals surface area contributed by atoms with Crippen molar-refractivity contribution in [3.8, 4) is 0 Å². The standard InChI is InChI=1S/C35H50ClFN4O2/c1-7-16-35(37)24(4)21-41(22-28(35)8-2)33-38-20-30(36)32(40-33)39-29-14-13-26-11-9-23(3)31(42)18-25(10-12-27(26)19-29)15-17-34(5,6)43/h7,13-14,16,19-20,23-25,28,43H,8-12,15,17-18,21-22H2,1-6H3,(H,38,39,40)/b16-7+/t23?,24-,25?,28+,35?/m1/s1. The lowest BCUT2D eigenvalue weighted by Crippen LogP contribution is -2.54. The average Bonchev–Trinajstić information content (AvgIpc) is 2.95. The maximum absolute atomic E-state index is 15.9. The molecule has 2 heterocycles. The first-order valence-corrected chi connectivity index (χ1v) is 16.4. The molecule has 0 saturated carbocycles. The predicted octanol–water partition coefficient (Wildman–Crippen LogP) is 8.28. The van der Waals surface area contributed by atoms with Crippen LogP contribution in [-0.4, -0.2) is 45.2 Å². The molecule has 1 aromatic carbocycles. The number of aromatic nitrogens is 2. The summed E-state index contributed by atoms with van der Waals surface area (Å²) in [4.78, 5) is 24.3. The zero-order valence-corrected chi connectivity index (χ0v) is 27.6. The maximum atomic E-state index is 15.9. The number of nitrogens with one attached hydrogen (secondary N) is 1. The minimum atomic E-state index is -1.34. The highest BCUT2D eigenvalue weighted by atomic mass is 35.5. The first-order valence-electron chi connectivity index (χ1n) is 16.1. The number of halogens is 2. The maximum Gasteiger partial charge on any atom is 0.227 e. The van der Waals surface area contributed by atoms with Crippen molar-refractivity contribution in [1.82, 2.24) is 9.97 Å². The van der Waals surface area contributed by atoms with Crippen LogP contribution in [0.25, 0.3) is 0 Å². The quantitative estimate of drug-likeness (QED) is 0.292. The Bertz CT molecular complexity index is 1300. The van der Waals surface area contributed by atoms with Crippen LogP contribution < -0.4 is 10.2 Å². The van der Waals surface area contributed by atoms with E-state index in [9.17, 15) is 9.90 Å². The fraction of sp³-hybridized carbons (Fsp3) is 0.629. The highest BCUT2D eigenvalue weighted by Gasteiger charge is 2.46. The number of carbonyl (C=O) groups is 1. The molecule has 3 unspecified atom stereocenters. The average molecular weight is 613 g/mol. The van der Waals surface area contributed by atoms with E-state index in [2.05, 4.69) is 27.3 Å². The van der Waals surface area contributed by atoms with Gasteiger partial charge in [-0.2, -0.15) is 4.98 Å². The number of hydrogen-bond acceptors (Lipinski definition) is 6. The fourth-order valence-electron chi connectivity index (χ4n) is 6.71. The Kier molecular flexibility index (Phi) is 10.9. The van der Waals surface area contributed by atoms with Crippen LogP contribution in [0.5, 0.6) is 0 Å². The van der Waals surface area contributed by atoms with Gasteiger partial charge < -0.3 is 15.3 Å². The molecule has 2 aromatic rings. The van der Waals surface area contributed by atoms with Crippen LogP contribution in [0.1, 0.15) is 91.2 Å². The number of rotatable bonds is 8. The molecule has 8 heteroatoms. The van der Waals surface area contributed by atoms with E-state index in [-0.39, 0.29) is 23.7 Å². The molecular formula is C35H50ClFN4O2. The summed E-state index contributed by atoms with van der Waals surface area (Å²) in [5, 5.41) is 14.2. The Labute approximate surface area is 262 Å². The summed E-state index contributed by atoms with van der Waals surface area (Å²) >= 11 is 6.58. The Morgan fingerprint density at radius 3 is 2.65 bits per heavy atom. The smallest absolute Gasteiger partial charge is 0.227 e. The number of allylic oxidation sites excluding steroid dienone is 2. The van der Waals surface area contributed by atoms with Crippen molar-refractivity contribution in [1.29, 1.82) is 0 Å². The summed E-state index contributed by atoms with van der Waals surface area (Å²) in [7, 11) is 0. The van der Waals surface area contributed by atoms with Crippen molar-refractivity contribution in [3.05, 3.63) is 52.7 Å². The molecule has 6 nitrogen and oxygen atoms in total. The number of anilines is 3. The van der Waals surface area contributed by atoms with Gasteiger partial charge in [0.25, 0.3) is 0 Å². The fourth-order valence-corrected chi connectivity index (χ4v) is 6.85. The Morgan fingerprint density at radius 2 is 1.95 bits per heavy atom. The minimum Gasteiger partial charge on any atom is -0.390 e. The summed E-state index contributed by atoms with van der Waals surface area (Å²) in [6.07, 6.45) is 11.4. The van der Waals surface area contributed by atoms with E-state index in [0.29, 0.717) is 48.5 Å². The zero-order chi connectivity index (χ0) is 31.4. The molecule has 1 aromatic heterocycles. The molecule has 0 spiro atoms. The number of alkyl halides is 1. The first-order chi connectivity index (χ1) is 20.3. The summed E-state index contributed by atoms with van der Waals surface area (Å²) in [6.45, 7) is 12.6. The van der Waals surface area contributed by atoms with Crippen molar-refractivity contribution in [2.45, 2.75) is 104 Å². The number of aryl methyl sites for hydroxylation is 2. The largest absolute Gasteiger partial charge is 0.390 e. The topological polar surface area (TPSA) is 78.4 Å². The molecule has 1 aliphatic heterocycles. The molecule has 1 saturated heterocycles. The van der Waals surface area contributed by atoms with Gasteiger partial charge in [0, 0.05) is 43.0 Å². The number of benzene rings is 1. The summed E-state index contributed by atoms with van der Waals surface area (Å²) in [6, 6.07) is 6.38. The van der Waals surface area contributed by atoms with Gasteiger partial charge in [0.2, 0.25) is 5.95 Å². The van der Waals surface area contributed by atoms with Crippen molar-refractivity contribution in [2.75, 3.05) is 23.3 Å². The van der Waals surface area contributed by atoms with Crippen molar-refractivity contribution in [3.63, 3.8) is 0 Å². The predicted molar refractivity (Wildman–Crippen MR) is 175 cm³/mol. The van der Waals surface area contributed by atoms with E-state index in [1.165, 1.54) is 11.1 Å². The molecule has 2 N–H and O–H groups in total. The van der Waals surface area contributed by atoms with E-state index in [0.717, 1.165) is 44.2 Å². The molecule has 5 atom stereocenters. The van der Waals surface area contributed by atoms with Gasteiger partial charge in [0.05, 0.1) is 11.8 Å². The second kappa shape index (κ2) is 14.1. The van der Waals surface area contributed by atoms with E-state index >= 15 is 4.39 Å². The Balaban J connectivity index is 1.54. The summed E-state index contributed by atoms with van der Waals surface area (Å²) in [5.74, 6) is 1.33. The lowest BCUT2D eigenvalue weighted by atomic mass is 9.74. The summed E-state index contributed by atoms with van der Waals surface area (Å²) < 4.78 is 15.9. The number of nitrogens with zero attached hydrogens (tertiary/aromatic N) is 3. The third-order valence-electron chi connectivity index (χ3n) is 9.59. The second-order valence-corrected chi connectivity index (χ2v) is 14.0. The lowest BCUT2D eigenvalue weighted by Gasteiger charge is -2.45. The highest BCUT2D eigenvalue weighted by molar-refractivity contribution is 6.32. The van der Waals surface area contributed by atoms with Gasteiger partial charge in [-0.3, -0.25) is 4.79 Å². The van der Waals surface area contributed by atoms with Crippen LogP contribution in [0, 0.1) is 23.7 Å². The molecule has 236 valence electrons. The molecule has 2 aliphatic rings. The number of hydrogen-bond donors (Lipinski definition) is 2. The molecule has 43 heavy (non-hydrogen) atoms. The highest BCUT2D eigenvalue weighted by Crippen LogP contribution is 2.41. The van der Waals surface area contributed by atoms with Gasteiger partial charge >= 0.3 is 0 Å². The molecule has 4 rings (SSSR count). The lowest BCUT2D eigenvalue weighted by molar-refractivity contribution is -0.123. The SMILES string of the molecule is C/C=C/C1(F)[C@@H](CC)CN(c2ncc(Cl)c(Nc3ccc4c(c3)CCC(CCC(C)(C)O)CC(=O)C(C)CC4)n2)C[C@H]1C. The van der Waals surface area contributed by atoms with Crippen LogP contribution in [0.15, 0.2) is 36.5 Å². The van der Waals surface area contributed by atoms with Gasteiger partial charge in [-0.15, -0.1) is 0 Å². The Morgan fingerprint density at radius 1 is 1.21 bits per heavy atom. The van der Waals surface area contributed by atoms with Gasteiger partial charge in [-0.25, -0.2) is 9.37 Å². The van der Waals surface area contributed by atoms with Gasteiger partial charge in [-0.1, -0.05) is 50.6 Å². The van der Waals surface area contributed by atoms with Crippen LogP contribution in [0.3, 0.4) is 0 Å². The number of carbonyl (C=O) groups excluding carboxylic acids is 1. The van der Waals surface area contributed by atoms with Crippen molar-refractivity contribution < 1.29 is 14.3 Å². The van der Waals surface area contributed by atoms with Crippen LogP contribution >= 0.6 is 11.6 Å². The number of fused-ring (bicyclic) bond motifs is 1. The van der Waals surface area contributed by atoms with E-state index < -0.39 is 11.3 Å². The third-order valence-corrected chi connectivity index (χ3v) is 9.86. The molecular weight excluding hydrogens is 563 g/mol. The van der Waals surface area contributed by atoms with Crippen molar-refractivity contribution >= 4 is 34.8 Å². The number of ketones is 1. The Hall–Kier alpha value is -2.51. The molecule has 1 aliphatic carbocycles. The molecule has 0 bridgehead atoms. The third kappa shape index (κ3) is 8.36. The monoisotopic (exact) mass is 612 g/mol. The van der Waals surface area contributed by atoms with Gasteiger partial charge in [0.15, 0.2) is 5.82 Å². The number of aliphatic hydroxyl groups is 1. The van der Waals surface area contributed by atoms with E-state index in [1.807, 2.05) is 53.7 Å². The zero-order valence-electron chi connectivity index (χ0n) is 26.8. The molecule has 1 fully saturated rings. The van der Waals surface area contributed by atoms with Crippen LogP contribution in [0.2, 0.25) is 5.02 Å². The van der Waals surface area contributed by atoms with E-state index in [4.69, 9.17) is 16.6 Å². The van der Waals surface area contributed by atoms with Crippen molar-refractivity contribution in [2.24, 2.45) is 23.7 Å². The first kappa shape index (κ1) is 33.4. The summed E-state index contributed by atoms with van der Waals surface area (Å²) in [5.41, 5.74) is 1.36.